The van der Waals surface area contributed by atoms with Gasteiger partial charge in [-0.1, -0.05) is 18.2 Å². The van der Waals surface area contributed by atoms with Gasteiger partial charge in [-0.2, -0.15) is 0 Å². The van der Waals surface area contributed by atoms with Crippen molar-refractivity contribution in [3.8, 4) is 5.75 Å². The second-order valence-corrected chi connectivity index (χ2v) is 6.59. The molecule has 0 bridgehead atoms. The fourth-order valence-corrected chi connectivity index (χ4v) is 2.46. The summed E-state index contributed by atoms with van der Waals surface area (Å²) < 4.78 is 10.8. The number of alkyl carbamates (subject to hydrolysis) is 1. The molecule has 0 saturated heterocycles. The maximum atomic E-state index is 11.7. The number of benzene rings is 1. The van der Waals surface area contributed by atoms with Crippen molar-refractivity contribution in [2.24, 2.45) is 5.92 Å². The minimum absolute atomic E-state index is 0.00261. The van der Waals surface area contributed by atoms with E-state index in [2.05, 4.69) is 5.32 Å². The smallest absolute Gasteiger partial charge is 0.407 e. The first kappa shape index (κ1) is 16.6. The zero-order chi connectivity index (χ0) is 16.2. The summed E-state index contributed by atoms with van der Waals surface area (Å²) in [4.78, 5) is 11.7. The molecule has 2 unspecified atom stereocenters. The molecule has 2 atom stereocenters. The molecule has 0 aliphatic heterocycles. The van der Waals surface area contributed by atoms with Crippen LogP contribution >= 0.6 is 0 Å². The summed E-state index contributed by atoms with van der Waals surface area (Å²) in [6, 6.07) is 7.87. The van der Waals surface area contributed by atoms with Crippen molar-refractivity contribution in [2.45, 2.75) is 38.7 Å². The normalized spacial score (nSPS) is 20.4. The standard InChI is InChI=1S/C17H25NO4/c1-17(2,3)22-16(20)18-11-12-10-14(12)13-6-4-5-7-15(13)21-9-8-19/h4-7,12,14,19H,8-11H2,1-3H3,(H,18,20). The first-order valence-electron chi connectivity index (χ1n) is 7.70. The van der Waals surface area contributed by atoms with Gasteiger partial charge in [0.05, 0.1) is 6.61 Å². The molecule has 22 heavy (non-hydrogen) atoms. The maximum absolute atomic E-state index is 11.7. The van der Waals surface area contributed by atoms with Crippen molar-refractivity contribution < 1.29 is 19.4 Å². The van der Waals surface area contributed by atoms with E-state index >= 15 is 0 Å². The molecule has 2 rings (SSSR count). The largest absolute Gasteiger partial charge is 0.491 e. The van der Waals surface area contributed by atoms with E-state index in [1.54, 1.807) is 0 Å². The topological polar surface area (TPSA) is 67.8 Å². The summed E-state index contributed by atoms with van der Waals surface area (Å²) in [5.41, 5.74) is 0.671. The Balaban J connectivity index is 1.84. The highest BCUT2D eigenvalue weighted by molar-refractivity contribution is 5.67. The number of ether oxygens (including phenoxy) is 2. The zero-order valence-electron chi connectivity index (χ0n) is 13.5. The molecule has 1 aliphatic rings. The number of rotatable bonds is 6. The number of para-hydroxylation sites is 1. The molecule has 1 saturated carbocycles. The van der Waals surface area contributed by atoms with Crippen LogP contribution in [0.3, 0.4) is 0 Å². The molecule has 1 amide bonds. The van der Waals surface area contributed by atoms with Gasteiger partial charge in [0.1, 0.15) is 18.0 Å². The Kier molecular flexibility index (Phi) is 5.29. The van der Waals surface area contributed by atoms with Gasteiger partial charge in [0.2, 0.25) is 0 Å². The van der Waals surface area contributed by atoms with Gasteiger partial charge in [0.15, 0.2) is 0 Å². The summed E-state index contributed by atoms with van der Waals surface area (Å²) in [7, 11) is 0. The highest BCUT2D eigenvalue weighted by Crippen LogP contribution is 2.49. The Bertz CT molecular complexity index is 510. The van der Waals surface area contributed by atoms with Crippen LogP contribution in [0.25, 0.3) is 0 Å². The van der Waals surface area contributed by atoms with Crippen LogP contribution in [0.15, 0.2) is 24.3 Å². The van der Waals surface area contributed by atoms with Crippen LogP contribution in [0.4, 0.5) is 4.79 Å². The van der Waals surface area contributed by atoms with E-state index in [4.69, 9.17) is 14.6 Å². The second-order valence-electron chi connectivity index (χ2n) is 6.59. The quantitative estimate of drug-likeness (QED) is 0.848. The van der Waals surface area contributed by atoms with E-state index < -0.39 is 5.60 Å². The van der Waals surface area contributed by atoms with Crippen molar-refractivity contribution in [3.05, 3.63) is 29.8 Å². The number of hydrogen-bond acceptors (Lipinski definition) is 4. The Labute approximate surface area is 131 Å². The summed E-state index contributed by atoms with van der Waals surface area (Å²) in [5, 5.41) is 11.7. The number of carbonyl (C=O) groups is 1. The fraction of sp³-hybridized carbons (Fsp3) is 0.588. The molecule has 0 heterocycles. The van der Waals surface area contributed by atoms with Crippen LogP contribution in [0, 0.1) is 5.92 Å². The number of carbonyl (C=O) groups excluding carboxylic acids is 1. The van der Waals surface area contributed by atoms with Gasteiger partial charge in [0.25, 0.3) is 0 Å². The molecule has 2 N–H and O–H groups in total. The van der Waals surface area contributed by atoms with Crippen LogP contribution in [0.1, 0.15) is 38.7 Å². The molecule has 0 aromatic heterocycles. The van der Waals surface area contributed by atoms with E-state index in [1.165, 1.54) is 0 Å². The van der Waals surface area contributed by atoms with Gasteiger partial charge in [-0.15, -0.1) is 0 Å². The lowest BCUT2D eigenvalue weighted by atomic mass is 10.1. The van der Waals surface area contributed by atoms with Crippen LogP contribution in [-0.4, -0.2) is 36.6 Å². The first-order valence-corrected chi connectivity index (χ1v) is 7.70. The summed E-state index contributed by atoms with van der Waals surface area (Å²) in [5.74, 6) is 1.62. The predicted molar refractivity (Wildman–Crippen MR) is 84.1 cm³/mol. The monoisotopic (exact) mass is 307 g/mol. The zero-order valence-corrected chi connectivity index (χ0v) is 13.5. The van der Waals surface area contributed by atoms with Gasteiger partial charge < -0.3 is 19.9 Å². The van der Waals surface area contributed by atoms with Gasteiger partial charge in [-0.05, 0) is 50.7 Å². The molecule has 1 fully saturated rings. The van der Waals surface area contributed by atoms with Crippen LogP contribution in [-0.2, 0) is 4.74 Å². The minimum Gasteiger partial charge on any atom is -0.491 e. The lowest BCUT2D eigenvalue weighted by Crippen LogP contribution is -2.33. The number of amides is 1. The molecule has 122 valence electrons. The van der Waals surface area contributed by atoms with Crippen molar-refractivity contribution >= 4 is 6.09 Å². The molecule has 1 aromatic carbocycles. The number of hydrogen-bond donors (Lipinski definition) is 2. The Morgan fingerprint density at radius 2 is 2.09 bits per heavy atom. The Morgan fingerprint density at radius 3 is 2.77 bits per heavy atom. The van der Waals surface area contributed by atoms with Crippen LogP contribution in [0.5, 0.6) is 5.75 Å². The lowest BCUT2D eigenvalue weighted by Gasteiger charge is -2.19. The molecule has 5 nitrogen and oxygen atoms in total. The van der Waals surface area contributed by atoms with Gasteiger partial charge in [-0.25, -0.2) is 4.79 Å². The molecule has 0 spiro atoms. The molecular weight excluding hydrogens is 282 g/mol. The maximum Gasteiger partial charge on any atom is 0.407 e. The minimum atomic E-state index is -0.474. The molecule has 1 aromatic rings. The van der Waals surface area contributed by atoms with E-state index in [0.717, 1.165) is 17.7 Å². The summed E-state index contributed by atoms with van der Waals surface area (Å²) in [6.07, 6.45) is 0.651. The summed E-state index contributed by atoms with van der Waals surface area (Å²) >= 11 is 0. The van der Waals surface area contributed by atoms with E-state index in [1.807, 2.05) is 45.0 Å². The lowest BCUT2D eigenvalue weighted by molar-refractivity contribution is 0.0525. The van der Waals surface area contributed by atoms with Gasteiger partial charge in [-0.3, -0.25) is 0 Å². The average Bonchev–Trinajstić information content (AvgIpc) is 3.21. The van der Waals surface area contributed by atoms with Crippen LogP contribution < -0.4 is 10.1 Å². The predicted octanol–water partition coefficient (Wildman–Crippen LogP) is 2.69. The van der Waals surface area contributed by atoms with E-state index in [9.17, 15) is 4.79 Å². The molecule has 1 aliphatic carbocycles. The van der Waals surface area contributed by atoms with Gasteiger partial charge in [0, 0.05) is 6.54 Å². The van der Waals surface area contributed by atoms with Crippen molar-refractivity contribution in [3.63, 3.8) is 0 Å². The SMILES string of the molecule is CC(C)(C)OC(=O)NCC1CC1c1ccccc1OCCO. The average molecular weight is 307 g/mol. The first-order chi connectivity index (χ1) is 10.4. The van der Waals surface area contributed by atoms with Crippen molar-refractivity contribution in [1.82, 2.24) is 5.32 Å². The number of nitrogens with one attached hydrogen (secondary N) is 1. The fourth-order valence-electron chi connectivity index (χ4n) is 2.46. The number of aliphatic hydroxyl groups excluding tert-OH is 1. The van der Waals surface area contributed by atoms with Crippen molar-refractivity contribution in [1.29, 1.82) is 0 Å². The Hall–Kier alpha value is -1.75. The Morgan fingerprint density at radius 1 is 1.36 bits per heavy atom. The van der Waals surface area contributed by atoms with Crippen molar-refractivity contribution in [2.75, 3.05) is 19.8 Å². The molecule has 5 heteroatoms. The van der Waals surface area contributed by atoms with E-state index in [0.29, 0.717) is 25.0 Å². The summed E-state index contributed by atoms with van der Waals surface area (Å²) in [6.45, 7) is 6.45. The third-order valence-corrected chi connectivity index (χ3v) is 3.50. The molecule has 0 radical (unpaired) electrons. The number of aliphatic hydroxyl groups is 1. The van der Waals surface area contributed by atoms with Crippen LogP contribution in [0.2, 0.25) is 0 Å². The highest BCUT2D eigenvalue weighted by atomic mass is 16.6. The van der Waals surface area contributed by atoms with E-state index in [-0.39, 0.29) is 12.7 Å². The molecular formula is C17H25NO4. The second kappa shape index (κ2) is 7.01. The highest BCUT2D eigenvalue weighted by Gasteiger charge is 2.40. The van der Waals surface area contributed by atoms with Gasteiger partial charge >= 0.3 is 6.09 Å². The third kappa shape index (κ3) is 4.91. The third-order valence-electron chi connectivity index (χ3n) is 3.50.